The predicted molar refractivity (Wildman–Crippen MR) is 109 cm³/mol. The van der Waals surface area contributed by atoms with Gasteiger partial charge in [0, 0.05) is 26.2 Å². The molecule has 1 aromatic carbocycles. The van der Waals surface area contributed by atoms with Gasteiger partial charge in [-0.15, -0.1) is 0 Å². The zero-order valence-corrected chi connectivity index (χ0v) is 18.1. The zero-order valence-electron chi connectivity index (χ0n) is 17.3. The Kier molecular flexibility index (Phi) is 6.00. The molecule has 29 heavy (non-hydrogen) atoms. The van der Waals surface area contributed by atoms with Crippen LogP contribution in [0.3, 0.4) is 0 Å². The summed E-state index contributed by atoms with van der Waals surface area (Å²) in [6.07, 6.45) is 1.53. The van der Waals surface area contributed by atoms with Crippen LogP contribution in [0.1, 0.15) is 32.9 Å². The van der Waals surface area contributed by atoms with Gasteiger partial charge in [0.2, 0.25) is 10.0 Å². The average Bonchev–Trinajstić information content (AvgIpc) is 2.87. The molecule has 1 aromatic heterocycles. The molecule has 0 saturated carbocycles. The number of carbonyl (C=O) groups excluding carboxylic acids is 1. The van der Waals surface area contributed by atoms with E-state index >= 15 is 0 Å². The largest absolute Gasteiger partial charge is 0.444 e. The Labute approximate surface area is 172 Å². The van der Waals surface area contributed by atoms with Crippen LogP contribution >= 0.6 is 0 Å². The zero-order chi connectivity index (χ0) is 21.2. The van der Waals surface area contributed by atoms with E-state index in [1.807, 2.05) is 51.1 Å². The molecular weight excluding hydrogens is 392 g/mol. The molecule has 2 heterocycles. The lowest BCUT2D eigenvalue weighted by Gasteiger charge is -2.26. The third kappa shape index (κ3) is 4.79. The van der Waals surface area contributed by atoms with Crippen molar-refractivity contribution in [3.8, 4) is 5.69 Å². The summed E-state index contributed by atoms with van der Waals surface area (Å²) < 4.78 is 35.0. The molecule has 1 fully saturated rings. The second-order valence-corrected chi connectivity index (χ2v) is 9.97. The summed E-state index contributed by atoms with van der Waals surface area (Å²) in [5, 5.41) is 4.28. The fraction of sp³-hybridized carbons (Fsp3) is 0.500. The van der Waals surface area contributed by atoms with Gasteiger partial charge in [-0.25, -0.2) is 17.9 Å². The van der Waals surface area contributed by atoms with Gasteiger partial charge in [0.15, 0.2) is 0 Å². The minimum atomic E-state index is -3.72. The van der Waals surface area contributed by atoms with Crippen LogP contribution in [0.15, 0.2) is 41.4 Å². The molecule has 0 bridgehead atoms. The van der Waals surface area contributed by atoms with Gasteiger partial charge in [0.25, 0.3) is 0 Å². The van der Waals surface area contributed by atoms with Crippen molar-refractivity contribution in [3.05, 3.63) is 42.2 Å². The lowest BCUT2D eigenvalue weighted by Crippen LogP contribution is -2.40. The Morgan fingerprint density at radius 3 is 2.41 bits per heavy atom. The van der Waals surface area contributed by atoms with E-state index in [9.17, 15) is 13.2 Å². The summed E-state index contributed by atoms with van der Waals surface area (Å²) in [5.41, 5.74) is 0.779. The van der Waals surface area contributed by atoms with E-state index in [1.54, 1.807) is 16.5 Å². The number of sulfonamides is 1. The quantitative estimate of drug-likeness (QED) is 0.762. The van der Waals surface area contributed by atoms with Crippen LogP contribution in [0.25, 0.3) is 5.69 Å². The number of nitrogens with zero attached hydrogens (tertiary/aromatic N) is 4. The first kappa shape index (κ1) is 21.3. The van der Waals surface area contributed by atoms with Crippen molar-refractivity contribution in [2.45, 2.75) is 44.6 Å². The molecule has 1 aliphatic rings. The third-order valence-corrected chi connectivity index (χ3v) is 6.69. The minimum absolute atomic E-state index is 0.187. The summed E-state index contributed by atoms with van der Waals surface area (Å²) in [6, 6.07) is 9.41. The first-order valence-corrected chi connectivity index (χ1v) is 11.1. The Bertz CT molecular complexity index is 964. The number of rotatable bonds is 3. The molecule has 0 atom stereocenters. The molecule has 158 valence electrons. The number of carbonyl (C=O) groups is 1. The highest BCUT2D eigenvalue weighted by Crippen LogP contribution is 2.23. The van der Waals surface area contributed by atoms with Crippen LogP contribution in [-0.4, -0.2) is 65.3 Å². The first-order chi connectivity index (χ1) is 13.6. The van der Waals surface area contributed by atoms with Crippen LogP contribution in [0.5, 0.6) is 0 Å². The number of ether oxygens (including phenoxy) is 1. The molecule has 0 aliphatic carbocycles. The van der Waals surface area contributed by atoms with E-state index < -0.39 is 21.7 Å². The van der Waals surface area contributed by atoms with Gasteiger partial charge in [0.1, 0.15) is 10.5 Å². The molecular formula is C20H28N4O4S. The van der Waals surface area contributed by atoms with Crippen LogP contribution in [0.2, 0.25) is 0 Å². The van der Waals surface area contributed by atoms with Crippen molar-refractivity contribution in [3.63, 3.8) is 0 Å². The summed E-state index contributed by atoms with van der Waals surface area (Å²) in [7, 11) is -3.72. The maximum atomic E-state index is 13.2. The number of para-hydroxylation sites is 1. The fourth-order valence-corrected chi connectivity index (χ4v) is 4.87. The van der Waals surface area contributed by atoms with Crippen molar-refractivity contribution in [1.29, 1.82) is 0 Å². The topological polar surface area (TPSA) is 84.7 Å². The molecule has 8 nitrogen and oxygen atoms in total. The molecule has 1 saturated heterocycles. The van der Waals surface area contributed by atoms with Crippen molar-refractivity contribution in [1.82, 2.24) is 19.0 Å². The average molecular weight is 421 g/mol. The van der Waals surface area contributed by atoms with Crippen LogP contribution in [0, 0.1) is 6.92 Å². The van der Waals surface area contributed by atoms with Gasteiger partial charge in [-0.3, -0.25) is 0 Å². The maximum absolute atomic E-state index is 13.2. The fourth-order valence-electron chi connectivity index (χ4n) is 3.26. The molecule has 3 rings (SSSR count). The molecule has 2 aromatic rings. The van der Waals surface area contributed by atoms with Crippen LogP contribution < -0.4 is 0 Å². The third-order valence-electron chi connectivity index (χ3n) is 4.69. The van der Waals surface area contributed by atoms with Crippen molar-refractivity contribution < 1.29 is 17.9 Å². The van der Waals surface area contributed by atoms with E-state index in [-0.39, 0.29) is 11.4 Å². The molecule has 0 unspecified atom stereocenters. The highest BCUT2D eigenvalue weighted by molar-refractivity contribution is 7.89. The van der Waals surface area contributed by atoms with E-state index in [0.29, 0.717) is 31.7 Å². The van der Waals surface area contributed by atoms with Crippen molar-refractivity contribution >= 4 is 16.1 Å². The van der Waals surface area contributed by atoms with Gasteiger partial charge in [-0.1, -0.05) is 18.2 Å². The van der Waals surface area contributed by atoms with E-state index in [2.05, 4.69) is 5.10 Å². The van der Waals surface area contributed by atoms with Gasteiger partial charge in [0.05, 0.1) is 17.6 Å². The number of hydrogen-bond acceptors (Lipinski definition) is 5. The number of hydrogen-bond donors (Lipinski definition) is 0. The number of benzene rings is 1. The van der Waals surface area contributed by atoms with Gasteiger partial charge >= 0.3 is 6.09 Å². The Balaban J connectivity index is 1.77. The van der Waals surface area contributed by atoms with Crippen molar-refractivity contribution in [2.75, 3.05) is 26.2 Å². The second-order valence-electron chi connectivity index (χ2n) is 8.07. The minimum Gasteiger partial charge on any atom is -0.444 e. The maximum Gasteiger partial charge on any atom is 0.410 e. The normalized spacial score (nSPS) is 16.5. The van der Waals surface area contributed by atoms with E-state index in [1.165, 1.54) is 10.5 Å². The highest BCUT2D eigenvalue weighted by atomic mass is 32.2. The smallest absolute Gasteiger partial charge is 0.410 e. The van der Waals surface area contributed by atoms with Gasteiger partial charge < -0.3 is 9.64 Å². The molecule has 1 amide bonds. The highest BCUT2D eigenvalue weighted by Gasteiger charge is 2.32. The van der Waals surface area contributed by atoms with E-state index in [0.717, 1.165) is 5.69 Å². The second kappa shape index (κ2) is 8.16. The van der Waals surface area contributed by atoms with Gasteiger partial charge in [-0.2, -0.15) is 9.40 Å². The Morgan fingerprint density at radius 1 is 1.07 bits per heavy atom. The Morgan fingerprint density at radius 2 is 1.76 bits per heavy atom. The van der Waals surface area contributed by atoms with Crippen LogP contribution in [-0.2, 0) is 14.8 Å². The molecule has 9 heteroatoms. The van der Waals surface area contributed by atoms with E-state index in [4.69, 9.17) is 4.74 Å². The standard InChI is InChI=1S/C20H28N4O4S/c1-16-18(15-21-24(16)17-9-6-5-7-10-17)29(26,27)23-12-8-11-22(13-14-23)19(25)28-20(2,3)4/h5-7,9-10,15H,8,11-14H2,1-4H3. The summed E-state index contributed by atoms with van der Waals surface area (Å²) >= 11 is 0. The van der Waals surface area contributed by atoms with Crippen molar-refractivity contribution in [2.24, 2.45) is 0 Å². The van der Waals surface area contributed by atoms with Gasteiger partial charge in [-0.05, 0) is 46.2 Å². The predicted octanol–water partition coefficient (Wildman–Crippen LogP) is 2.81. The molecule has 0 radical (unpaired) electrons. The summed E-state index contributed by atoms with van der Waals surface area (Å²) in [5.74, 6) is 0. The summed E-state index contributed by atoms with van der Waals surface area (Å²) in [6.45, 7) is 8.50. The lowest BCUT2D eigenvalue weighted by molar-refractivity contribution is 0.0260. The molecule has 1 aliphatic heterocycles. The number of aromatic nitrogens is 2. The molecule has 0 N–H and O–H groups in total. The van der Waals surface area contributed by atoms with Crippen LogP contribution in [0.4, 0.5) is 4.79 Å². The lowest BCUT2D eigenvalue weighted by atomic mass is 10.2. The monoisotopic (exact) mass is 420 g/mol. The molecule has 0 spiro atoms. The summed E-state index contributed by atoms with van der Waals surface area (Å²) in [4.78, 5) is 14.1. The Hall–Kier alpha value is -2.39. The number of amides is 1. The first-order valence-electron chi connectivity index (χ1n) is 9.68. The SMILES string of the molecule is Cc1c(S(=O)(=O)N2CCCN(C(=O)OC(C)(C)C)CC2)cnn1-c1ccccc1.